The van der Waals surface area contributed by atoms with Crippen molar-refractivity contribution in [3.63, 3.8) is 0 Å². The van der Waals surface area contributed by atoms with Gasteiger partial charge in [0, 0.05) is 5.56 Å². The van der Waals surface area contributed by atoms with Gasteiger partial charge in [0.2, 0.25) is 0 Å². The Bertz CT molecular complexity index is 803. The number of halogens is 2. The van der Waals surface area contributed by atoms with Crippen molar-refractivity contribution in [1.29, 1.82) is 0 Å². The van der Waals surface area contributed by atoms with Gasteiger partial charge >= 0.3 is 6.61 Å². The molecule has 0 aliphatic rings. The predicted molar refractivity (Wildman–Crippen MR) is 92.3 cm³/mol. The molecular formula is C19H18F2O5. The maximum atomic E-state index is 12.3. The maximum Gasteiger partial charge on any atom is 0.387 e. The van der Waals surface area contributed by atoms with Crippen LogP contribution in [-0.4, -0.2) is 31.2 Å². The van der Waals surface area contributed by atoms with Crippen LogP contribution in [0.25, 0.3) is 6.08 Å². The summed E-state index contributed by atoms with van der Waals surface area (Å²) in [5.74, 6) is -0.138. The molecule has 0 amide bonds. The second kappa shape index (κ2) is 8.84. The second-order valence-electron chi connectivity index (χ2n) is 5.10. The summed E-state index contributed by atoms with van der Waals surface area (Å²) in [4.78, 5) is 12.3. The first-order valence-electron chi connectivity index (χ1n) is 7.75. The summed E-state index contributed by atoms with van der Waals surface area (Å²) >= 11 is 0. The van der Waals surface area contributed by atoms with Gasteiger partial charge in [0.1, 0.15) is 0 Å². The molecule has 0 aliphatic heterocycles. The van der Waals surface area contributed by atoms with Gasteiger partial charge in [-0.3, -0.25) is 4.79 Å². The number of allylic oxidation sites excluding steroid dienone is 1. The zero-order valence-corrected chi connectivity index (χ0v) is 14.2. The summed E-state index contributed by atoms with van der Waals surface area (Å²) in [6, 6.07) is 8.64. The van der Waals surface area contributed by atoms with Crippen LogP contribution >= 0.6 is 0 Å². The molecule has 26 heavy (non-hydrogen) atoms. The molecule has 138 valence electrons. The molecule has 1 N–H and O–H groups in total. The minimum Gasteiger partial charge on any atom is -0.504 e. The number of carbonyl (C=O) groups excluding carboxylic acids is 1. The van der Waals surface area contributed by atoms with Gasteiger partial charge in [-0.2, -0.15) is 8.78 Å². The zero-order chi connectivity index (χ0) is 19.1. The van der Waals surface area contributed by atoms with E-state index in [1.807, 2.05) is 0 Å². The maximum absolute atomic E-state index is 12.3. The van der Waals surface area contributed by atoms with Gasteiger partial charge in [0.15, 0.2) is 28.8 Å². The van der Waals surface area contributed by atoms with Crippen molar-refractivity contribution in [3.8, 4) is 23.0 Å². The van der Waals surface area contributed by atoms with Crippen LogP contribution in [0, 0.1) is 0 Å². The number of hydrogen-bond acceptors (Lipinski definition) is 5. The molecule has 2 aromatic carbocycles. The monoisotopic (exact) mass is 364 g/mol. The Morgan fingerprint density at radius 2 is 1.92 bits per heavy atom. The average molecular weight is 364 g/mol. The number of aromatic hydroxyl groups is 1. The molecule has 7 heteroatoms. The van der Waals surface area contributed by atoms with E-state index in [4.69, 9.17) is 9.47 Å². The molecule has 0 fully saturated rings. The quantitative estimate of drug-likeness (QED) is 0.559. The summed E-state index contributed by atoms with van der Waals surface area (Å²) in [6.45, 7) is -0.799. The second-order valence-corrected chi connectivity index (χ2v) is 5.10. The van der Waals surface area contributed by atoms with Gasteiger partial charge in [-0.05, 0) is 48.9 Å². The molecule has 0 saturated carbocycles. The molecule has 0 heterocycles. The van der Waals surface area contributed by atoms with Crippen molar-refractivity contribution < 1.29 is 32.9 Å². The van der Waals surface area contributed by atoms with Crippen molar-refractivity contribution >= 4 is 11.9 Å². The van der Waals surface area contributed by atoms with Crippen molar-refractivity contribution in [2.45, 2.75) is 13.5 Å². The molecule has 0 unspecified atom stereocenters. The third kappa shape index (κ3) is 4.95. The average Bonchev–Trinajstić information content (AvgIpc) is 2.62. The minimum atomic E-state index is -2.99. The number of benzene rings is 2. The first kappa shape index (κ1) is 19.2. The van der Waals surface area contributed by atoms with E-state index in [1.54, 1.807) is 25.1 Å². The van der Waals surface area contributed by atoms with E-state index < -0.39 is 6.61 Å². The van der Waals surface area contributed by atoms with Crippen LogP contribution in [0.15, 0.2) is 42.5 Å². The summed E-state index contributed by atoms with van der Waals surface area (Å²) in [5, 5.41) is 9.67. The minimum absolute atomic E-state index is 0.00896. The van der Waals surface area contributed by atoms with Crippen molar-refractivity contribution in [1.82, 2.24) is 0 Å². The van der Waals surface area contributed by atoms with Gasteiger partial charge in [0.25, 0.3) is 0 Å². The van der Waals surface area contributed by atoms with E-state index in [2.05, 4.69) is 4.74 Å². The van der Waals surface area contributed by atoms with Crippen LogP contribution in [0.1, 0.15) is 22.8 Å². The number of methoxy groups -OCH3 is 1. The van der Waals surface area contributed by atoms with Crippen LogP contribution in [0.3, 0.4) is 0 Å². The lowest BCUT2D eigenvalue weighted by Crippen LogP contribution is -2.04. The van der Waals surface area contributed by atoms with Crippen LogP contribution in [-0.2, 0) is 0 Å². The highest BCUT2D eigenvalue weighted by Gasteiger charge is 2.13. The highest BCUT2D eigenvalue weighted by Crippen LogP contribution is 2.30. The van der Waals surface area contributed by atoms with Crippen molar-refractivity contribution in [2.24, 2.45) is 0 Å². The largest absolute Gasteiger partial charge is 0.504 e. The number of rotatable bonds is 8. The Hall–Kier alpha value is -3.09. The van der Waals surface area contributed by atoms with Crippen LogP contribution in [0.4, 0.5) is 8.78 Å². The summed E-state index contributed by atoms with van der Waals surface area (Å²) in [6.07, 6.45) is 2.88. The molecule has 5 nitrogen and oxygen atoms in total. The Balaban J connectivity index is 2.19. The number of ether oxygens (including phenoxy) is 3. The molecule has 2 aromatic rings. The summed E-state index contributed by atoms with van der Waals surface area (Å²) < 4.78 is 39.3. The standard InChI is InChI=1S/C19H18F2O5/c1-3-25-17-10-12(5-8-15(17)23)4-7-14(22)13-6-9-16(26-19(20)21)18(11-13)24-2/h4-11,19,23H,3H2,1-2H3/b7-4+. The molecule has 2 rings (SSSR count). The first-order valence-corrected chi connectivity index (χ1v) is 7.75. The highest BCUT2D eigenvalue weighted by atomic mass is 19.3. The summed E-state index contributed by atoms with van der Waals surface area (Å²) in [7, 11) is 1.30. The number of ketones is 1. The number of phenolic OH excluding ortho intramolecular Hbond substituents is 1. The lowest BCUT2D eigenvalue weighted by molar-refractivity contribution is -0.0512. The lowest BCUT2D eigenvalue weighted by Gasteiger charge is -2.10. The lowest BCUT2D eigenvalue weighted by atomic mass is 10.1. The highest BCUT2D eigenvalue weighted by molar-refractivity contribution is 6.07. The fraction of sp³-hybridized carbons (Fsp3) is 0.211. The number of hydrogen-bond donors (Lipinski definition) is 1. The third-order valence-corrected chi connectivity index (χ3v) is 3.38. The van der Waals surface area contributed by atoms with Gasteiger partial charge in [0.05, 0.1) is 13.7 Å². The van der Waals surface area contributed by atoms with E-state index in [0.29, 0.717) is 17.9 Å². The normalized spacial score (nSPS) is 11.0. The predicted octanol–water partition coefficient (Wildman–Crippen LogP) is 4.30. The van der Waals surface area contributed by atoms with Gasteiger partial charge in [-0.25, -0.2) is 0 Å². The van der Waals surface area contributed by atoms with Crippen LogP contribution in [0.5, 0.6) is 23.0 Å². The third-order valence-electron chi connectivity index (χ3n) is 3.38. The molecule has 0 aromatic heterocycles. The molecular weight excluding hydrogens is 346 g/mol. The molecule has 0 aliphatic carbocycles. The SMILES string of the molecule is CCOc1cc(/C=C/C(=O)c2ccc(OC(F)F)c(OC)c2)ccc1O. The van der Waals surface area contributed by atoms with E-state index in [1.165, 1.54) is 37.5 Å². The van der Waals surface area contributed by atoms with Crippen LogP contribution in [0.2, 0.25) is 0 Å². The summed E-state index contributed by atoms with van der Waals surface area (Å²) in [5.41, 5.74) is 0.910. The molecule has 0 saturated heterocycles. The van der Waals surface area contributed by atoms with E-state index in [-0.39, 0.29) is 28.6 Å². The molecule has 0 radical (unpaired) electrons. The first-order chi connectivity index (χ1) is 12.4. The zero-order valence-electron chi connectivity index (χ0n) is 14.2. The Labute approximate surface area is 149 Å². The molecule has 0 spiro atoms. The van der Waals surface area contributed by atoms with Gasteiger partial charge in [-0.1, -0.05) is 12.1 Å². The van der Waals surface area contributed by atoms with Gasteiger partial charge in [-0.15, -0.1) is 0 Å². The Morgan fingerprint density at radius 1 is 1.15 bits per heavy atom. The number of alkyl halides is 2. The van der Waals surface area contributed by atoms with Crippen LogP contribution < -0.4 is 14.2 Å². The smallest absolute Gasteiger partial charge is 0.387 e. The fourth-order valence-electron chi connectivity index (χ4n) is 2.19. The molecule has 0 atom stereocenters. The number of carbonyl (C=O) groups is 1. The van der Waals surface area contributed by atoms with E-state index in [0.717, 1.165) is 0 Å². The topological polar surface area (TPSA) is 65.0 Å². The Morgan fingerprint density at radius 3 is 2.58 bits per heavy atom. The Kier molecular flexibility index (Phi) is 6.54. The van der Waals surface area contributed by atoms with Crippen molar-refractivity contribution in [2.75, 3.05) is 13.7 Å². The fourth-order valence-corrected chi connectivity index (χ4v) is 2.19. The van der Waals surface area contributed by atoms with E-state index in [9.17, 15) is 18.7 Å². The van der Waals surface area contributed by atoms with E-state index >= 15 is 0 Å². The van der Waals surface area contributed by atoms with Gasteiger partial charge < -0.3 is 19.3 Å². The van der Waals surface area contributed by atoms with Crippen molar-refractivity contribution in [3.05, 3.63) is 53.6 Å². The molecule has 0 bridgehead atoms. The number of phenols is 1.